The smallest absolute Gasteiger partial charge is 0.315 e. The summed E-state index contributed by atoms with van der Waals surface area (Å²) in [4.78, 5) is 37.6. The van der Waals surface area contributed by atoms with Crippen LogP contribution in [0.5, 0.6) is 0 Å². The van der Waals surface area contributed by atoms with E-state index < -0.39 is 16.9 Å². The van der Waals surface area contributed by atoms with E-state index in [0.717, 1.165) is 5.69 Å². The fourth-order valence-electron chi connectivity index (χ4n) is 3.40. The van der Waals surface area contributed by atoms with Gasteiger partial charge in [-0.15, -0.1) is 0 Å². The summed E-state index contributed by atoms with van der Waals surface area (Å²) >= 11 is 12.3. The number of hydrogen-bond donors (Lipinski definition) is 2. The summed E-state index contributed by atoms with van der Waals surface area (Å²) in [6.07, 6.45) is 0.621. The monoisotopic (exact) mass is 546 g/mol. The Morgan fingerprint density at radius 1 is 1.05 bits per heavy atom. The minimum Gasteiger partial charge on any atom is -0.315 e. The molecule has 0 aliphatic heterocycles. The summed E-state index contributed by atoms with van der Waals surface area (Å²) in [6, 6.07) is 11.8. The third-order valence-corrected chi connectivity index (χ3v) is 6.08. The average molecular weight is 547 g/mol. The summed E-state index contributed by atoms with van der Waals surface area (Å²) in [6.45, 7) is 8.01. The summed E-state index contributed by atoms with van der Waals surface area (Å²) in [5.74, 6) is -0.00508. The lowest BCUT2D eigenvalue weighted by atomic mass is 9.92. The van der Waals surface area contributed by atoms with Gasteiger partial charge in [0.2, 0.25) is 5.91 Å². The molecule has 0 spiro atoms. The van der Waals surface area contributed by atoms with Crippen molar-refractivity contribution >= 4 is 52.3 Å². The minimum absolute atomic E-state index is 0.0870. The number of nitro benzene ring substituents is 1. The molecule has 10 nitrogen and oxygen atoms in total. The van der Waals surface area contributed by atoms with Crippen LogP contribution in [0.1, 0.15) is 39.8 Å². The topological polar surface area (TPSA) is 122 Å². The van der Waals surface area contributed by atoms with E-state index in [2.05, 4.69) is 15.7 Å². The Morgan fingerprint density at radius 3 is 2.30 bits per heavy atom. The summed E-state index contributed by atoms with van der Waals surface area (Å²) in [5, 5.41) is 21.8. The first-order valence-corrected chi connectivity index (χ1v) is 12.3. The van der Waals surface area contributed by atoms with Gasteiger partial charge in [-0.3, -0.25) is 14.9 Å². The number of carbonyl (C=O) groups is 2. The van der Waals surface area contributed by atoms with Crippen molar-refractivity contribution in [1.82, 2.24) is 14.7 Å². The maximum absolute atomic E-state index is 13.0. The van der Waals surface area contributed by atoms with Crippen LogP contribution >= 0.6 is 23.2 Å². The van der Waals surface area contributed by atoms with Crippen LogP contribution in [-0.4, -0.2) is 44.6 Å². The molecule has 0 fully saturated rings. The molecule has 1 heterocycles. The second-order valence-electron chi connectivity index (χ2n) is 9.38. The van der Waals surface area contributed by atoms with Gasteiger partial charge in [-0.05, 0) is 36.8 Å². The molecule has 3 aromatic rings. The maximum atomic E-state index is 13.0. The van der Waals surface area contributed by atoms with Gasteiger partial charge in [-0.2, -0.15) is 5.10 Å². The average Bonchev–Trinajstić information content (AvgIpc) is 3.25. The Labute approximate surface area is 224 Å². The number of anilines is 2. The van der Waals surface area contributed by atoms with Crippen molar-refractivity contribution in [2.75, 3.05) is 23.7 Å². The van der Waals surface area contributed by atoms with E-state index in [1.54, 1.807) is 28.9 Å². The van der Waals surface area contributed by atoms with E-state index in [-0.39, 0.29) is 17.6 Å². The Hall–Kier alpha value is -3.63. The molecular weight excluding hydrogens is 519 g/mol. The molecule has 2 aromatic carbocycles. The van der Waals surface area contributed by atoms with Crippen molar-refractivity contribution in [1.29, 1.82) is 0 Å². The Bertz CT molecular complexity index is 1300. The first kappa shape index (κ1) is 27.9. The van der Waals surface area contributed by atoms with Gasteiger partial charge in [-0.1, -0.05) is 50.9 Å². The van der Waals surface area contributed by atoms with Crippen molar-refractivity contribution < 1.29 is 14.5 Å². The van der Waals surface area contributed by atoms with Crippen molar-refractivity contribution in [2.24, 2.45) is 0 Å². The fraction of sp³-hybridized carbons (Fsp3) is 0.320. The summed E-state index contributed by atoms with van der Waals surface area (Å²) in [7, 11) is 0. The van der Waals surface area contributed by atoms with Gasteiger partial charge in [0.05, 0.1) is 26.3 Å². The van der Waals surface area contributed by atoms with Crippen molar-refractivity contribution in [3.05, 3.63) is 74.4 Å². The van der Waals surface area contributed by atoms with Gasteiger partial charge in [0.1, 0.15) is 12.4 Å². The first-order chi connectivity index (χ1) is 17.4. The van der Waals surface area contributed by atoms with Gasteiger partial charge in [-0.25, -0.2) is 9.48 Å². The normalized spacial score (nSPS) is 11.2. The zero-order valence-corrected chi connectivity index (χ0v) is 22.4. The largest absolute Gasteiger partial charge is 0.322 e. The lowest BCUT2D eigenvalue weighted by Crippen LogP contribution is -2.41. The van der Waals surface area contributed by atoms with Crippen LogP contribution in [0.25, 0.3) is 5.69 Å². The molecule has 0 saturated carbocycles. The second kappa shape index (κ2) is 11.6. The van der Waals surface area contributed by atoms with E-state index in [1.807, 2.05) is 27.7 Å². The molecule has 1 aromatic heterocycles. The number of non-ortho nitro benzene ring substituents is 1. The Morgan fingerprint density at radius 2 is 1.73 bits per heavy atom. The molecule has 196 valence electrons. The number of hydrogen-bond acceptors (Lipinski definition) is 5. The number of nitrogens with one attached hydrogen (secondary N) is 2. The zero-order chi connectivity index (χ0) is 27.3. The summed E-state index contributed by atoms with van der Waals surface area (Å²) < 4.78 is 1.57. The maximum Gasteiger partial charge on any atom is 0.322 e. The molecule has 0 atom stereocenters. The minimum atomic E-state index is -0.521. The number of aromatic nitrogens is 2. The number of benzene rings is 2. The highest BCUT2D eigenvalue weighted by molar-refractivity contribution is 6.42. The molecule has 0 aliphatic carbocycles. The number of nitro groups is 1. The number of halogens is 2. The number of rotatable bonds is 8. The predicted octanol–water partition coefficient (Wildman–Crippen LogP) is 6.27. The molecule has 0 radical (unpaired) electrons. The van der Waals surface area contributed by atoms with Gasteiger partial charge in [0, 0.05) is 35.8 Å². The van der Waals surface area contributed by atoms with Crippen LogP contribution in [0.3, 0.4) is 0 Å². The number of amides is 3. The van der Waals surface area contributed by atoms with Gasteiger partial charge in [0.15, 0.2) is 0 Å². The highest BCUT2D eigenvalue weighted by atomic mass is 35.5. The zero-order valence-electron chi connectivity index (χ0n) is 20.9. The lowest BCUT2D eigenvalue weighted by Gasteiger charge is -2.22. The number of carbonyl (C=O) groups excluding carboxylic acids is 2. The lowest BCUT2D eigenvalue weighted by molar-refractivity contribution is -0.384. The molecule has 37 heavy (non-hydrogen) atoms. The highest BCUT2D eigenvalue weighted by Crippen LogP contribution is 2.29. The van der Waals surface area contributed by atoms with E-state index in [0.29, 0.717) is 40.2 Å². The van der Waals surface area contributed by atoms with Gasteiger partial charge < -0.3 is 15.5 Å². The molecule has 12 heteroatoms. The molecule has 2 N–H and O–H groups in total. The highest BCUT2D eigenvalue weighted by Gasteiger charge is 2.23. The fourth-order valence-corrected chi connectivity index (χ4v) is 3.69. The van der Waals surface area contributed by atoms with Crippen LogP contribution in [0.2, 0.25) is 10.0 Å². The van der Waals surface area contributed by atoms with Crippen LogP contribution in [-0.2, 0) is 10.2 Å². The SMILES string of the molecule is CCCN(CC(=O)Nc1cc(C(C)(C)C)nn1-c1ccc(Cl)c(Cl)c1)C(=O)Nc1ccc([N+](=O)[O-])cc1. The van der Waals surface area contributed by atoms with Crippen LogP contribution < -0.4 is 10.6 Å². The van der Waals surface area contributed by atoms with E-state index in [4.69, 9.17) is 23.2 Å². The van der Waals surface area contributed by atoms with Crippen molar-refractivity contribution in [3.8, 4) is 5.69 Å². The quantitative estimate of drug-likeness (QED) is 0.254. The number of urea groups is 1. The van der Waals surface area contributed by atoms with E-state index in [9.17, 15) is 19.7 Å². The molecule has 0 bridgehead atoms. The van der Waals surface area contributed by atoms with Crippen molar-refractivity contribution in [2.45, 2.75) is 39.5 Å². The van der Waals surface area contributed by atoms with Crippen LogP contribution in [0, 0.1) is 10.1 Å². The summed E-state index contributed by atoms with van der Waals surface area (Å²) in [5.41, 5.74) is 1.36. The standard InChI is InChI=1S/C25H28Cl2N6O4/c1-5-12-31(24(35)28-16-6-8-17(9-7-16)33(36)37)15-23(34)29-22-14-21(25(2,3)4)30-32(22)18-10-11-19(26)20(27)13-18/h6-11,13-14H,5,12,15H2,1-4H3,(H,28,35)(H,29,34). The molecule has 0 saturated heterocycles. The molecule has 0 aliphatic rings. The van der Waals surface area contributed by atoms with Crippen molar-refractivity contribution in [3.63, 3.8) is 0 Å². The number of nitrogens with zero attached hydrogens (tertiary/aromatic N) is 4. The third kappa shape index (κ3) is 7.21. The first-order valence-electron chi connectivity index (χ1n) is 11.5. The second-order valence-corrected chi connectivity index (χ2v) is 10.2. The van der Waals surface area contributed by atoms with E-state index >= 15 is 0 Å². The van der Waals surface area contributed by atoms with Gasteiger partial charge in [0.25, 0.3) is 5.69 Å². The third-order valence-electron chi connectivity index (χ3n) is 5.34. The van der Waals surface area contributed by atoms with Crippen LogP contribution in [0.15, 0.2) is 48.5 Å². The van der Waals surface area contributed by atoms with Crippen LogP contribution in [0.4, 0.5) is 22.0 Å². The van der Waals surface area contributed by atoms with E-state index in [1.165, 1.54) is 29.2 Å². The molecular formula is C25H28Cl2N6O4. The molecule has 3 amide bonds. The Balaban J connectivity index is 1.79. The molecule has 3 rings (SSSR count). The van der Waals surface area contributed by atoms with Gasteiger partial charge >= 0.3 is 6.03 Å². The Kier molecular flexibility index (Phi) is 8.77. The molecule has 0 unspecified atom stereocenters. The predicted molar refractivity (Wildman–Crippen MR) is 145 cm³/mol.